The number of aliphatic hydroxyl groups excluding tert-OH is 2. The smallest absolute Gasteiger partial charge is 0.161 e. The first-order chi connectivity index (χ1) is 24.9. The van der Waals surface area contributed by atoms with Gasteiger partial charge in [0.25, 0.3) is 0 Å². The van der Waals surface area contributed by atoms with E-state index in [1.165, 1.54) is 12.7 Å². The highest BCUT2D eigenvalue weighted by atomic mass is 16.5. The van der Waals surface area contributed by atoms with Crippen LogP contribution in [0.2, 0.25) is 0 Å². The van der Waals surface area contributed by atoms with E-state index in [0.717, 1.165) is 57.1 Å². The summed E-state index contributed by atoms with van der Waals surface area (Å²) in [6.07, 6.45) is 3.40. The minimum atomic E-state index is -0.877. The van der Waals surface area contributed by atoms with Crippen LogP contribution in [0.1, 0.15) is 51.0 Å². The molecule has 1 aliphatic heterocycles. The lowest BCUT2D eigenvalue weighted by Crippen LogP contribution is -2.32. The molecule has 3 atom stereocenters. The molecule has 8 nitrogen and oxygen atoms in total. The summed E-state index contributed by atoms with van der Waals surface area (Å²) < 4.78 is 18.5. The van der Waals surface area contributed by atoms with Gasteiger partial charge in [-0.2, -0.15) is 0 Å². The van der Waals surface area contributed by atoms with E-state index in [2.05, 4.69) is 41.4 Å². The number of phenols is 2. The molecule has 0 saturated carbocycles. The van der Waals surface area contributed by atoms with Gasteiger partial charge in [-0.25, -0.2) is 0 Å². The molecule has 260 valence electrons. The van der Waals surface area contributed by atoms with Crippen LogP contribution in [0.25, 0.3) is 22.0 Å². The molecule has 1 aromatic heterocycles. The van der Waals surface area contributed by atoms with Crippen molar-refractivity contribution >= 4 is 10.9 Å². The van der Waals surface area contributed by atoms with Gasteiger partial charge in [-0.05, 0) is 118 Å². The van der Waals surface area contributed by atoms with Crippen molar-refractivity contribution in [2.45, 2.75) is 50.2 Å². The Hall–Kier alpha value is -5.44. The number of aromatic nitrogens is 1. The molecule has 5 aromatic carbocycles. The summed E-state index contributed by atoms with van der Waals surface area (Å²) in [5.74, 6) is 1.85. The molecule has 51 heavy (non-hydrogen) atoms. The van der Waals surface area contributed by atoms with Crippen molar-refractivity contribution in [2.75, 3.05) is 20.3 Å². The third kappa shape index (κ3) is 6.26. The van der Waals surface area contributed by atoms with Crippen LogP contribution >= 0.6 is 0 Å². The molecule has 0 amide bonds. The van der Waals surface area contributed by atoms with Gasteiger partial charge in [0.2, 0.25) is 0 Å². The lowest BCUT2D eigenvalue weighted by atomic mass is 9.73. The Morgan fingerprint density at radius 1 is 0.843 bits per heavy atom. The van der Waals surface area contributed by atoms with Crippen LogP contribution < -0.4 is 14.2 Å². The first-order valence-corrected chi connectivity index (χ1v) is 17.5. The van der Waals surface area contributed by atoms with Gasteiger partial charge in [0.05, 0.1) is 19.8 Å². The second kappa shape index (κ2) is 13.7. The average Bonchev–Trinajstić information content (AvgIpc) is 3.62. The predicted octanol–water partition coefficient (Wildman–Crippen LogP) is 7.33. The number of fused-ring (bicyclic) bond motifs is 6. The number of aromatic hydroxyl groups is 2. The number of aryl methyl sites for hydroxylation is 2. The first-order valence-electron chi connectivity index (χ1n) is 17.5. The third-order valence-corrected chi connectivity index (χ3v) is 10.4. The van der Waals surface area contributed by atoms with Crippen molar-refractivity contribution in [3.63, 3.8) is 0 Å². The van der Waals surface area contributed by atoms with E-state index in [0.29, 0.717) is 47.6 Å². The number of hydrogen-bond acceptors (Lipinski definition) is 7. The van der Waals surface area contributed by atoms with Gasteiger partial charge in [-0.3, -0.25) is 0 Å². The van der Waals surface area contributed by atoms with E-state index in [4.69, 9.17) is 14.2 Å². The molecule has 5 N–H and O–H groups in total. The Kier molecular flexibility index (Phi) is 8.80. The zero-order valence-electron chi connectivity index (χ0n) is 28.4. The SMILES string of the molecule is COc1cc(C2Oc3cc(OCCO)c4c(c3CC2O)CC(Cc2ccc3[nH]ccc3c2)c2cc(O)ccc2-4)cc(CCc2ccccc2)c1O. The van der Waals surface area contributed by atoms with Gasteiger partial charge >= 0.3 is 0 Å². The Labute approximate surface area is 296 Å². The van der Waals surface area contributed by atoms with E-state index in [-0.39, 0.29) is 30.6 Å². The van der Waals surface area contributed by atoms with Crippen molar-refractivity contribution in [3.05, 3.63) is 136 Å². The summed E-state index contributed by atoms with van der Waals surface area (Å²) in [4.78, 5) is 3.27. The van der Waals surface area contributed by atoms with Crippen LogP contribution in [0, 0.1) is 0 Å². The zero-order valence-corrected chi connectivity index (χ0v) is 28.4. The van der Waals surface area contributed by atoms with Gasteiger partial charge < -0.3 is 39.6 Å². The average molecular weight is 684 g/mol. The summed E-state index contributed by atoms with van der Waals surface area (Å²) in [6.45, 7) is -0.0510. The van der Waals surface area contributed by atoms with Gasteiger partial charge in [0, 0.05) is 35.3 Å². The fraction of sp³-hybridized carbons (Fsp3) is 0.256. The standard InChI is InChI=1S/C43H41NO7/c1-49-40-21-30(19-28(42(40)48)9-7-25-5-3-2-4-6-25)43-37(47)23-34-35-20-29(18-26-8-12-36-27(17-26)13-14-44-36)33-22-31(46)10-11-32(33)41(35)39(50-16-15-45)24-38(34)51-43/h2-6,8,10-14,17,19,21-22,24,29,37,43-48H,7,9,15-16,18,20,23H2,1H3. The number of methoxy groups -OCH3 is 1. The minimum absolute atomic E-state index is 0.0385. The van der Waals surface area contributed by atoms with Crippen LogP contribution in [0.5, 0.6) is 28.7 Å². The van der Waals surface area contributed by atoms with E-state index < -0.39 is 12.2 Å². The van der Waals surface area contributed by atoms with Crippen LogP contribution in [0.4, 0.5) is 0 Å². The second-order valence-electron chi connectivity index (χ2n) is 13.6. The lowest BCUT2D eigenvalue weighted by Gasteiger charge is -2.37. The first kappa shape index (κ1) is 32.7. The van der Waals surface area contributed by atoms with Crippen molar-refractivity contribution in [3.8, 4) is 39.9 Å². The van der Waals surface area contributed by atoms with Gasteiger partial charge in [0.1, 0.15) is 30.0 Å². The molecular weight excluding hydrogens is 642 g/mol. The van der Waals surface area contributed by atoms with Gasteiger partial charge in [-0.15, -0.1) is 0 Å². The normalized spacial score (nSPS) is 17.7. The summed E-state index contributed by atoms with van der Waals surface area (Å²) in [5, 5.41) is 44.4. The van der Waals surface area contributed by atoms with Crippen molar-refractivity contribution < 1.29 is 34.6 Å². The molecule has 2 aliphatic rings. The lowest BCUT2D eigenvalue weighted by molar-refractivity contribution is 0.0201. The number of benzene rings is 5. The third-order valence-electron chi connectivity index (χ3n) is 10.4. The van der Waals surface area contributed by atoms with E-state index >= 15 is 0 Å². The highest BCUT2D eigenvalue weighted by Gasteiger charge is 2.38. The molecular formula is C43H41NO7. The number of aromatic amines is 1. The summed E-state index contributed by atoms with van der Waals surface area (Å²) in [6, 6.07) is 29.6. The van der Waals surface area contributed by atoms with E-state index in [9.17, 15) is 20.4 Å². The van der Waals surface area contributed by atoms with E-state index in [1.54, 1.807) is 12.1 Å². The van der Waals surface area contributed by atoms with Crippen LogP contribution in [-0.4, -0.2) is 51.8 Å². The highest BCUT2D eigenvalue weighted by molar-refractivity contribution is 5.83. The van der Waals surface area contributed by atoms with Crippen LogP contribution in [0.15, 0.2) is 97.2 Å². The summed E-state index contributed by atoms with van der Waals surface area (Å²) in [7, 11) is 1.52. The quantitative estimate of drug-likeness (QED) is 0.102. The summed E-state index contributed by atoms with van der Waals surface area (Å²) >= 11 is 0. The van der Waals surface area contributed by atoms with Crippen molar-refractivity contribution in [1.29, 1.82) is 0 Å². The van der Waals surface area contributed by atoms with Crippen LogP contribution in [0.3, 0.4) is 0 Å². The number of aliphatic hydroxyl groups is 2. The topological polar surface area (TPSA) is 124 Å². The zero-order chi connectivity index (χ0) is 35.1. The fourth-order valence-electron chi connectivity index (χ4n) is 7.96. The van der Waals surface area contributed by atoms with E-state index in [1.807, 2.05) is 48.7 Å². The number of H-pyrrole nitrogens is 1. The molecule has 0 spiro atoms. The molecule has 8 rings (SSSR count). The minimum Gasteiger partial charge on any atom is -0.508 e. The highest BCUT2D eigenvalue weighted by Crippen LogP contribution is 2.52. The summed E-state index contributed by atoms with van der Waals surface area (Å²) in [5.41, 5.74) is 9.70. The fourth-order valence-corrected chi connectivity index (χ4v) is 7.96. The number of nitrogens with one attached hydrogen (secondary N) is 1. The maximum atomic E-state index is 11.8. The Bertz CT molecular complexity index is 2210. The number of ether oxygens (including phenoxy) is 3. The van der Waals surface area contributed by atoms with Crippen LogP contribution in [-0.2, 0) is 32.1 Å². The molecule has 2 heterocycles. The number of rotatable bonds is 10. The molecule has 0 bridgehead atoms. The number of hydrogen-bond donors (Lipinski definition) is 5. The number of phenolic OH excluding ortho intramolecular Hbond substituents is 2. The molecule has 3 unspecified atom stereocenters. The second-order valence-corrected chi connectivity index (χ2v) is 13.6. The molecule has 0 fully saturated rings. The maximum Gasteiger partial charge on any atom is 0.161 e. The molecule has 8 heteroatoms. The Morgan fingerprint density at radius 2 is 1.71 bits per heavy atom. The van der Waals surface area contributed by atoms with Gasteiger partial charge in [-0.1, -0.05) is 42.5 Å². The molecule has 1 aliphatic carbocycles. The maximum absolute atomic E-state index is 11.8. The predicted molar refractivity (Wildman–Crippen MR) is 196 cm³/mol. The van der Waals surface area contributed by atoms with Gasteiger partial charge in [0.15, 0.2) is 11.5 Å². The van der Waals surface area contributed by atoms with Crippen molar-refractivity contribution in [2.24, 2.45) is 0 Å². The Balaban J connectivity index is 1.18. The molecule has 6 aromatic rings. The largest absolute Gasteiger partial charge is 0.508 e. The monoisotopic (exact) mass is 683 g/mol. The Morgan fingerprint density at radius 3 is 2.53 bits per heavy atom. The molecule has 0 radical (unpaired) electrons. The van der Waals surface area contributed by atoms with Crippen molar-refractivity contribution in [1.82, 2.24) is 4.98 Å². The molecule has 0 saturated heterocycles.